The summed E-state index contributed by atoms with van der Waals surface area (Å²) >= 11 is 0. The average molecular weight is 183 g/mol. The van der Waals surface area contributed by atoms with E-state index in [2.05, 4.69) is 33.0 Å². The third-order valence-electron chi connectivity index (χ3n) is 3.84. The summed E-state index contributed by atoms with van der Waals surface area (Å²) in [4.78, 5) is 0. The van der Waals surface area contributed by atoms with Crippen LogP contribution in [-0.4, -0.2) is 12.1 Å². The minimum atomic E-state index is 0.690. The molecule has 4 atom stereocenters. The van der Waals surface area contributed by atoms with Crippen LogP contribution in [0.1, 0.15) is 53.4 Å². The summed E-state index contributed by atoms with van der Waals surface area (Å²) in [6.07, 6.45) is 5.52. The molecular weight excluding hydrogens is 158 g/mol. The van der Waals surface area contributed by atoms with Gasteiger partial charge in [0.25, 0.3) is 0 Å². The van der Waals surface area contributed by atoms with Gasteiger partial charge in [-0.15, -0.1) is 0 Å². The van der Waals surface area contributed by atoms with Crippen LogP contribution in [0.15, 0.2) is 0 Å². The molecule has 0 aromatic carbocycles. The normalized spacial score (nSPS) is 33.2. The molecule has 0 bridgehead atoms. The van der Waals surface area contributed by atoms with Gasteiger partial charge >= 0.3 is 0 Å². The van der Waals surface area contributed by atoms with E-state index in [0.29, 0.717) is 6.04 Å². The fourth-order valence-corrected chi connectivity index (χ4v) is 2.25. The first-order chi connectivity index (χ1) is 6.15. The van der Waals surface area contributed by atoms with Gasteiger partial charge in [-0.05, 0) is 31.6 Å². The maximum Gasteiger partial charge on any atom is 0.00952 e. The molecule has 0 saturated heterocycles. The summed E-state index contributed by atoms with van der Waals surface area (Å²) in [5.41, 5.74) is 0. The minimum Gasteiger partial charge on any atom is -0.311 e. The van der Waals surface area contributed by atoms with E-state index in [9.17, 15) is 0 Å². The summed E-state index contributed by atoms with van der Waals surface area (Å²) in [5, 5.41) is 3.78. The molecule has 1 fully saturated rings. The van der Waals surface area contributed by atoms with E-state index >= 15 is 0 Å². The molecule has 1 N–H and O–H groups in total. The number of nitrogens with one attached hydrogen (secondary N) is 1. The van der Waals surface area contributed by atoms with E-state index < -0.39 is 0 Å². The van der Waals surface area contributed by atoms with Gasteiger partial charge < -0.3 is 5.32 Å². The summed E-state index contributed by atoms with van der Waals surface area (Å²) < 4.78 is 0. The zero-order valence-corrected chi connectivity index (χ0v) is 9.64. The lowest BCUT2D eigenvalue weighted by Crippen LogP contribution is -2.41. The predicted octanol–water partition coefficient (Wildman–Crippen LogP) is 3.20. The SMILES string of the molecule is CCC(C)C(C)NC1CCCC1C. The quantitative estimate of drug-likeness (QED) is 0.706. The molecule has 4 unspecified atom stereocenters. The van der Waals surface area contributed by atoms with Crippen molar-refractivity contribution in [2.24, 2.45) is 11.8 Å². The van der Waals surface area contributed by atoms with Gasteiger partial charge in [-0.2, -0.15) is 0 Å². The van der Waals surface area contributed by atoms with E-state index in [0.717, 1.165) is 17.9 Å². The second kappa shape index (κ2) is 4.99. The Balaban J connectivity index is 2.30. The standard InChI is InChI=1S/C12H25N/c1-5-9(2)11(4)13-12-8-6-7-10(12)3/h9-13H,5-8H2,1-4H3. The van der Waals surface area contributed by atoms with Crippen molar-refractivity contribution in [3.8, 4) is 0 Å². The number of hydrogen-bond acceptors (Lipinski definition) is 1. The maximum atomic E-state index is 3.78. The first kappa shape index (κ1) is 11.0. The number of hydrogen-bond donors (Lipinski definition) is 1. The number of rotatable bonds is 4. The molecule has 0 aromatic heterocycles. The fourth-order valence-electron chi connectivity index (χ4n) is 2.25. The first-order valence-electron chi connectivity index (χ1n) is 5.91. The van der Waals surface area contributed by atoms with E-state index in [1.807, 2.05) is 0 Å². The van der Waals surface area contributed by atoms with Gasteiger partial charge in [0.2, 0.25) is 0 Å². The largest absolute Gasteiger partial charge is 0.311 e. The summed E-state index contributed by atoms with van der Waals surface area (Å²) in [7, 11) is 0. The van der Waals surface area contributed by atoms with Gasteiger partial charge in [0.05, 0.1) is 0 Å². The molecule has 0 radical (unpaired) electrons. The van der Waals surface area contributed by atoms with Gasteiger partial charge in [0.15, 0.2) is 0 Å². The highest BCUT2D eigenvalue weighted by Crippen LogP contribution is 2.25. The zero-order valence-electron chi connectivity index (χ0n) is 9.64. The Morgan fingerprint density at radius 2 is 2.00 bits per heavy atom. The van der Waals surface area contributed by atoms with Gasteiger partial charge in [0, 0.05) is 12.1 Å². The highest BCUT2D eigenvalue weighted by atomic mass is 15.0. The average Bonchev–Trinajstić information content (AvgIpc) is 2.50. The summed E-state index contributed by atoms with van der Waals surface area (Å²) in [6, 6.07) is 1.49. The van der Waals surface area contributed by atoms with Crippen LogP contribution in [0.5, 0.6) is 0 Å². The Morgan fingerprint density at radius 1 is 1.31 bits per heavy atom. The van der Waals surface area contributed by atoms with Crippen LogP contribution >= 0.6 is 0 Å². The molecule has 13 heavy (non-hydrogen) atoms. The molecule has 0 spiro atoms. The van der Waals surface area contributed by atoms with Gasteiger partial charge in [-0.3, -0.25) is 0 Å². The fraction of sp³-hybridized carbons (Fsp3) is 1.00. The van der Waals surface area contributed by atoms with Crippen LogP contribution in [0.25, 0.3) is 0 Å². The second-order valence-electron chi connectivity index (χ2n) is 4.86. The topological polar surface area (TPSA) is 12.0 Å². The van der Waals surface area contributed by atoms with E-state index in [4.69, 9.17) is 0 Å². The molecule has 1 nitrogen and oxygen atoms in total. The third-order valence-corrected chi connectivity index (χ3v) is 3.84. The monoisotopic (exact) mass is 183 g/mol. The van der Waals surface area contributed by atoms with Gasteiger partial charge in [-0.1, -0.05) is 33.6 Å². The van der Waals surface area contributed by atoms with Crippen molar-refractivity contribution in [2.75, 3.05) is 0 Å². The Morgan fingerprint density at radius 3 is 2.46 bits per heavy atom. The summed E-state index contributed by atoms with van der Waals surface area (Å²) in [6.45, 7) is 9.34. The Labute approximate surface area is 83.3 Å². The third kappa shape index (κ3) is 2.98. The Kier molecular flexibility index (Phi) is 4.24. The minimum absolute atomic E-state index is 0.690. The molecule has 1 rings (SSSR count). The van der Waals surface area contributed by atoms with Crippen molar-refractivity contribution in [3.63, 3.8) is 0 Å². The second-order valence-corrected chi connectivity index (χ2v) is 4.86. The molecule has 0 aromatic rings. The highest BCUT2D eigenvalue weighted by molar-refractivity contribution is 4.83. The van der Waals surface area contributed by atoms with Crippen LogP contribution < -0.4 is 5.32 Å². The summed E-state index contributed by atoms with van der Waals surface area (Å²) in [5.74, 6) is 1.71. The van der Waals surface area contributed by atoms with Gasteiger partial charge in [-0.25, -0.2) is 0 Å². The smallest absolute Gasteiger partial charge is 0.00952 e. The van der Waals surface area contributed by atoms with Gasteiger partial charge in [0.1, 0.15) is 0 Å². The van der Waals surface area contributed by atoms with E-state index in [1.165, 1.54) is 25.7 Å². The molecule has 1 aliphatic rings. The molecule has 1 heteroatoms. The van der Waals surface area contributed by atoms with Crippen molar-refractivity contribution in [2.45, 2.75) is 65.5 Å². The lowest BCUT2D eigenvalue weighted by Gasteiger charge is -2.26. The molecule has 0 amide bonds. The Hall–Kier alpha value is -0.0400. The lowest BCUT2D eigenvalue weighted by molar-refractivity contribution is 0.317. The van der Waals surface area contributed by atoms with E-state index in [-0.39, 0.29) is 0 Å². The van der Waals surface area contributed by atoms with Crippen LogP contribution in [0.3, 0.4) is 0 Å². The van der Waals surface area contributed by atoms with Crippen molar-refractivity contribution < 1.29 is 0 Å². The molecule has 1 aliphatic carbocycles. The van der Waals surface area contributed by atoms with Crippen molar-refractivity contribution in [3.05, 3.63) is 0 Å². The lowest BCUT2D eigenvalue weighted by atomic mass is 9.98. The van der Waals surface area contributed by atoms with Crippen LogP contribution in [-0.2, 0) is 0 Å². The molecular formula is C12H25N. The Bertz CT molecular complexity index is 144. The molecule has 78 valence electrons. The van der Waals surface area contributed by atoms with Crippen LogP contribution in [0, 0.1) is 11.8 Å². The zero-order chi connectivity index (χ0) is 9.84. The molecule has 0 aliphatic heterocycles. The maximum absolute atomic E-state index is 3.78. The van der Waals surface area contributed by atoms with Crippen LogP contribution in [0.4, 0.5) is 0 Å². The van der Waals surface area contributed by atoms with Crippen molar-refractivity contribution in [1.82, 2.24) is 5.32 Å². The first-order valence-corrected chi connectivity index (χ1v) is 5.91. The predicted molar refractivity (Wildman–Crippen MR) is 58.9 cm³/mol. The highest BCUT2D eigenvalue weighted by Gasteiger charge is 2.25. The molecule has 1 saturated carbocycles. The molecule has 0 heterocycles. The van der Waals surface area contributed by atoms with Crippen LogP contribution in [0.2, 0.25) is 0 Å². The van der Waals surface area contributed by atoms with Crippen molar-refractivity contribution >= 4 is 0 Å². The van der Waals surface area contributed by atoms with Crippen molar-refractivity contribution in [1.29, 1.82) is 0 Å². The van der Waals surface area contributed by atoms with E-state index in [1.54, 1.807) is 0 Å².